The Morgan fingerprint density at radius 3 is 2.49 bits per heavy atom. The predicted octanol–water partition coefficient (Wildman–Crippen LogP) is 4.01. The van der Waals surface area contributed by atoms with Crippen LogP contribution in [-0.4, -0.2) is 49.7 Å². The van der Waals surface area contributed by atoms with E-state index in [1.807, 2.05) is 6.92 Å². The van der Waals surface area contributed by atoms with Crippen LogP contribution in [0.25, 0.3) is 11.0 Å². The summed E-state index contributed by atoms with van der Waals surface area (Å²) in [6, 6.07) is 8.61. The number of hydrogen-bond donors (Lipinski definition) is 2. The van der Waals surface area contributed by atoms with E-state index in [9.17, 15) is 16.8 Å². The SMILES string of the molecule is CC[C@@H]1C[C@H](NS(=O)(=O)C2CC2)C[C@@H]1NCCc1cnc2c(ccn2S(=O)(=O)c2ccc(C)cc2)c1Cl. The second kappa shape index (κ2) is 10.3. The van der Waals surface area contributed by atoms with Gasteiger partial charge < -0.3 is 5.32 Å². The summed E-state index contributed by atoms with van der Waals surface area (Å²) in [4.78, 5) is 4.66. The molecule has 2 heterocycles. The van der Waals surface area contributed by atoms with Crippen molar-refractivity contribution in [2.24, 2.45) is 5.92 Å². The highest BCUT2D eigenvalue weighted by Crippen LogP contribution is 2.33. The molecule has 2 N–H and O–H groups in total. The monoisotopic (exact) mass is 564 g/mol. The average molecular weight is 565 g/mol. The summed E-state index contributed by atoms with van der Waals surface area (Å²) in [5, 5.41) is 4.49. The van der Waals surface area contributed by atoms with Gasteiger partial charge in [0.25, 0.3) is 10.0 Å². The van der Waals surface area contributed by atoms with Gasteiger partial charge in [-0.15, -0.1) is 0 Å². The van der Waals surface area contributed by atoms with Crippen molar-refractivity contribution in [3.63, 3.8) is 0 Å². The molecular weight excluding hydrogens is 532 g/mol. The molecule has 0 bridgehead atoms. The third-order valence-corrected chi connectivity index (χ3v) is 11.7. The second-order valence-corrected chi connectivity index (χ2v) is 14.5. The number of aromatic nitrogens is 2. The Labute approximate surface area is 223 Å². The number of aryl methyl sites for hydroxylation is 1. The molecule has 2 fully saturated rings. The van der Waals surface area contributed by atoms with Crippen molar-refractivity contribution < 1.29 is 16.8 Å². The lowest BCUT2D eigenvalue weighted by Gasteiger charge is -2.19. The molecule has 0 unspecified atom stereocenters. The van der Waals surface area contributed by atoms with Crippen molar-refractivity contribution in [3.8, 4) is 0 Å². The van der Waals surface area contributed by atoms with E-state index in [0.717, 1.165) is 43.2 Å². The highest BCUT2D eigenvalue weighted by Gasteiger charge is 2.40. The maximum Gasteiger partial charge on any atom is 0.269 e. The number of nitrogens with zero attached hydrogens (tertiary/aromatic N) is 2. The van der Waals surface area contributed by atoms with Crippen LogP contribution < -0.4 is 10.0 Å². The third-order valence-electron chi connectivity index (χ3n) is 7.58. The summed E-state index contributed by atoms with van der Waals surface area (Å²) < 4.78 is 55.2. The summed E-state index contributed by atoms with van der Waals surface area (Å²) in [6.45, 7) is 4.71. The van der Waals surface area contributed by atoms with Gasteiger partial charge in [-0.3, -0.25) is 0 Å². The standard InChI is InChI=1S/C26H33ClN4O4S2/c1-3-18-14-20(30-36(32,33)21-8-9-21)15-24(18)28-12-10-19-16-29-26-23(25(19)27)11-13-31(26)37(34,35)22-6-4-17(2)5-7-22/h4-7,11,13,16,18,20-21,24,28,30H,3,8-10,12,14-15H2,1-2H3/t18-,20+,24+/m1/s1. The van der Waals surface area contributed by atoms with Gasteiger partial charge in [0, 0.05) is 29.9 Å². The minimum atomic E-state index is -3.79. The van der Waals surface area contributed by atoms with Crippen molar-refractivity contribution in [1.29, 1.82) is 0 Å². The molecule has 2 saturated carbocycles. The lowest BCUT2D eigenvalue weighted by molar-refractivity contribution is 0.393. The van der Waals surface area contributed by atoms with Crippen LogP contribution >= 0.6 is 11.6 Å². The topological polar surface area (TPSA) is 110 Å². The first-order valence-electron chi connectivity index (χ1n) is 12.8. The van der Waals surface area contributed by atoms with E-state index in [1.54, 1.807) is 36.5 Å². The molecule has 37 heavy (non-hydrogen) atoms. The van der Waals surface area contributed by atoms with E-state index in [2.05, 4.69) is 21.9 Å². The van der Waals surface area contributed by atoms with Gasteiger partial charge in [0.2, 0.25) is 10.0 Å². The molecular formula is C26H33ClN4O4S2. The molecule has 0 aliphatic heterocycles. The molecule has 3 aromatic rings. The zero-order valence-electron chi connectivity index (χ0n) is 21.0. The lowest BCUT2D eigenvalue weighted by Crippen LogP contribution is -2.37. The van der Waals surface area contributed by atoms with Crippen LogP contribution in [0.2, 0.25) is 5.02 Å². The van der Waals surface area contributed by atoms with Gasteiger partial charge in [0.15, 0.2) is 5.65 Å². The number of benzene rings is 1. The fourth-order valence-electron chi connectivity index (χ4n) is 5.29. The maximum atomic E-state index is 13.2. The zero-order valence-corrected chi connectivity index (χ0v) is 23.4. The molecule has 0 spiro atoms. The highest BCUT2D eigenvalue weighted by atomic mass is 35.5. The molecule has 5 rings (SSSR count). The molecule has 2 aliphatic rings. The first-order chi connectivity index (χ1) is 17.6. The van der Waals surface area contributed by atoms with Crippen molar-refractivity contribution in [1.82, 2.24) is 19.0 Å². The number of hydrogen-bond acceptors (Lipinski definition) is 6. The number of nitrogens with one attached hydrogen (secondary N) is 2. The molecule has 8 nitrogen and oxygen atoms in total. The van der Waals surface area contributed by atoms with Crippen LogP contribution in [0.15, 0.2) is 47.6 Å². The highest BCUT2D eigenvalue weighted by molar-refractivity contribution is 7.90. The number of pyridine rings is 1. The quantitative estimate of drug-likeness (QED) is 0.385. The van der Waals surface area contributed by atoms with Crippen LogP contribution in [0.4, 0.5) is 0 Å². The fraction of sp³-hybridized carbons (Fsp3) is 0.500. The van der Waals surface area contributed by atoms with Crippen LogP contribution in [0, 0.1) is 12.8 Å². The van der Waals surface area contributed by atoms with Gasteiger partial charge in [-0.1, -0.05) is 42.6 Å². The minimum Gasteiger partial charge on any atom is -0.313 e. The van der Waals surface area contributed by atoms with Crippen molar-refractivity contribution in [2.75, 3.05) is 6.54 Å². The van der Waals surface area contributed by atoms with E-state index in [4.69, 9.17) is 11.6 Å². The first-order valence-corrected chi connectivity index (χ1v) is 16.2. The van der Waals surface area contributed by atoms with E-state index < -0.39 is 20.0 Å². The number of halogens is 1. The second-order valence-electron chi connectivity index (χ2n) is 10.3. The van der Waals surface area contributed by atoms with Crippen LogP contribution in [0.5, 0.6) is 0 Å². The molecule has 0 amide bonds. The number of sulfonamides is 1. The van der Waals surface area contributed by atoms with E-state index in [0.29, 0.717) is 34.9 Å². The number of rotatable bonds is 10. The molecule has 200 valence electrons. The van der Waals surface area contributed by atoms with Crippen molar-refractivity contribution >= 4 is 42.7 Å². The van der Waals surface area contributed by atoms with Crippen LogP contribution in [-0.2, 0) is 26.5 Å². The van der Waals surface area contributed by atoms with E-state index >= 15 is 0 Å². The Kier molecular flexibility index (Phi) is 7.41. The largest absolute Gasteiger partial charge is 0.313 e. The van der Waals surface area contributed by atoms with Gasteiger partial charge in [0.05, 0.1) is 15.2 Å². The Hall–Kier alpha value is -1.98. The summed E-state index contributed by atoms with van der Waals surface area (Å²) in [5.41, 5.74) is 2.12. The van der Waals surface area contributed by atoms with E-state index in [1.165, 1.54) is 10.2 Å². The maximum absolute atomic E-state index is 13.2. The summed E-state index contributed by atoms with van der Waals surface area (Å²) in [5.74, 6) is 0.406. The molecule has 0 radical (unpaired) electrons. The average Bonchev–Trinajstić information content (AvgIpc) is 3.53. The Bertz CT molecular complexity index is 1500. The van der Waals surface area contributed by atoms with E-state index in [-0.39, 0.29) is 22.2 Å². The lowest BCUT2D eigenvalue weighted by atomic mass is 10.0. The summed E-state index contributed by atoms with van der Waals surface area (Å²) in [7, 11) is -6.98. The van der Waals surface area contributed by atoms with Crippen molar-refractivity contribution in [3.05, 3.63) is 58.9 Å². The molecule has 2 aliphatic carbocycles. The Morgan fingerprint density at radius 2 is 1.81 bits per heavy atom. The summed E-state index contributed by atoms with van der Waals surface area (Å²) >= 11 is 6.70. The molecule has 3 atom stereocenters. The molecule has 2 aromatic heterocycles. The number of fused-ring (bicyclic) bond motifs is 1. The molecule has 0 saturated heterocycles. The molecule has 11 heteroatoms. The van der Waals surface area contributed by atoms with Gasteiger partial charge in [-0.25, -0.2) is 30.5 Å². The van der Waals surface area contributed by atoms with Gasteiger partial charge in [0.1, 0.15) is 0 Å². The third kappa shape index (κ3) is 5.45. The van der Waals surface area contributed by atoms with Gasteiger partial charge in [-0.2, -0.15) is 0 Å². The zero-order chi connectivity index (χ0) is 26.4. The fourth-order valence-corrected chi connectivity index (χ4v) is 8.48. The Morgan fingerprint density at radius 1 is 1.08 bits per heavy atom. The van der Waals surface area contributed by atoms with Gasteiger partial charge in [-0.05, 0) is 75.3 Å². The molecule has 1 aromatic carbocycles. The predicted molar refractivity (Wildman–Crippen MR) is 146 cm³/mol. The summed E-state index contributed by atoms with van der Waals surface area (Å²) in [6.07, 6.45) is 7.90. The first kappa shape index (κ1) is 26.6. The normalized spacial score (nSPS) is 22.6. The Balaban J connectivity index is 1.25. The van der Waals surface area contributed by atoms with Crippen LogP contribution in [0.1, 0.15) is 50.2 Å². The van der Waals surface area contributed by atoms with Gasteiger partial charge >= 0.3 is 0 Å². The minimum absolute atomic E-state index is 0.0232. The van der Waals surface area contributed by atoms with Crippen LogP contribution in [0.3, 0.4) is 0 Å². The smallest absolute Gasteiger partial charge is 0.269 e. The van der Waals surface area contributed by atoms with Crippen molar-refractivity contribution in [2.45, 2.75) is 74.6 Å².